The van der Waals surface area contributed by atoms with Crippen molar-refractivity contribution in [2.24, 2.45) is 0 Å². The molecule has 1 aromatic rings. The molecule has 0 spiro atoms. The summed E-state index contributed by atoms with van der Waals surface area (Å²) in [5, 5.41) is 3.11. The third-order valence-electron chi connectivity index (χ3n) is 2.14. The molecule has 0 radical (unpaired) electrons. The highest BCUT2D eigenvalue weighted by Crippen LogP contribution is 2.14. The van der Waals surface area contributed by atoms with Gasteiger partial charge in [0, 0.05) is 24.2 Å². The van der Waals surface area contributed by atoms with Crippen molar-refractivity contribution in [1.82, 2.24) is 5.32 Å². The number of sulfone groups is 1. The molecular formula is C11H17NO2S2. The summed E-state index contributed by atoms with van der Waals surface area (Å²) in [5.74, 6) is 0.190. The molecule has 1 N–H and O–H groups in total. The molecule has 1 rings (SSSR count). The average molecular weight is 259 g/mol. The molecule has 3 nitrogen and oxygen atoms in total. The van der Waals surface area contributed by atoms with Gasteiger partial charge < -0.3 is 5.32 Å². The smallest absolute Gasteiger partial charge is 0.148 e. The Labute approximate surface area is 102 Å². The topological polar surface area (TPSA) is 46.2 Å². The molecule has 0 bridgehead atoms. The maximum atomic E-state index is 10.9. The SMILES string of the molecule is CSc1ccc(CNCCS(C)(=O)=O)cc1. The number of hydrogen-bond acceptors (Lipinski definition) is 4. The quantitative estimate of drug-likeness (QED) is 0.622. The van der Waals surface area contributed by atoms with Gasteiger partial charge in [-0.25, -0.2) is 8.42 Å². The molecule has 0 aliphatic heterocycles. The van der Waals surface area contributed by atoms with Gasteiger partial charge in [0.05, 0.1) is 5.75 Å². The van der Waals surface area contributed by atoms with Crippen LogP contribution in [0.4, 0.5) is 0 Å². The number of thioether (sulfide) groups is 1. The molecule has 0 heterocycles. The zero-order chi connectivity index (χ0) is 12.0. The molecule has 0 aliphatic carbocycles. The van der Waals surface area contributed by atoms with E-state index in [0.29, 0.717) is 13.1 Å². The van der Waals surface area contributed by atoms with Crippen LogP contribution in [0.5, 0.6) is 0 Å². The van der Waals surface area contributed by atoms with Crippen LogP contribution in [-0.2, 0) is 16.4 Å². The Kier molecular flexibility index (Phi) is 5.31. The van der Waals surface area contributed by atoms with Gasteiger partial charge in [-0.3, -0.25) is 0 Å². The second-order valence-electron chi connectivity index (χ2n) is 3.65. The fourth-order valence-corrected chi connectivity index (χ4v) is 2.16. The van der Waals surface area contributed by atoms with E-state index in [9.17, 15) is 8.42 Å². The lowest BCUT2D eigenvalue weighted by atomic mass is 10.2. The third-order valence-corrected chi connectivity index (χ3v) is 3.83. The summed E-state index contributed by atoms with van der Waals surface area (Å²) in [5.41, 5.74) is 1.17. The maximum absolute atomic E-state index is 10.9. The van der Waals surface area contributed by atoms with Gasteiger partial charge in [-0.05, 0) is 24.0 Å². The molecule has 0 saturated carbocycles. The van der Waals surface area contributed by atoms with Crippen LogP contribution in [0.25, 0.3) is 0 Å². The Hall–Kier alpha value is -0.520. The van der Waals surface area contributed by atoms with Gasteiger partial charge in [0.15, 0.2) is 0 Å². The maximum Gasteiger partial charge on any atom is 0.148 e. The van der Waals surface area contributed by atoms with Crippen molar-refractivity contribution in [1.29, 1.82) is 0 Å². The molecular weight excluding hydrogens is 242 g/mol. The summed E-state index contributed by atoms with van der Waals surface area (Å²) in [6.45, 7) is 1.22. The van der Waals surface area contributed by atoms with Crippen molar-refractivity contribution in [3.8, 4) is 0 Å². The highest BCUT2D eigenvalue weighted by molar-refractivity contribution is 7.98. The normalized spacial score (nSPS) is 11.6. The first-order chi connectivity index (χ1) is 7.51. The van der Waals surface area contributed by atoms with Gasteiger partial charge in [-0.2, -0.15) is 0 Å². The van der Waals surface area contributed by atoms with Crippen LogP contribution in [0.15, 0.2) is 29.2 Å². The number of hydrogen-bond donors (Lipinski definition) is 1. The average Bonchev–Trinajstić information content (AvgIpc) is 2.24. The van der Waals surface area contributed by atoms with Gasteiger partial charge in [0.25, 0.3) is 0 Å². The minimum absolute atomic E-state index is 0.190. The second kappa shape index (κ2) is 6.27. The summed E-state index contributed by atoms with van der Waals surface area (Å²) >= 11 is 1.71. The minimum Gasteiger partial charge on any atom is -0.312 e. The van der Waals surface area contributed by atoms with Gasteiger partial charge in [-0.15, -0.1) is 11.8 Å². The Morgan fingerprint density at radius 1 is 1.25 bits per heavy atom. The Morgan fingerprint density at radius 2 is 1.88 bits per heavy atom. The van der Waals surface area contributed by atoms with Crippen molar-refractivity contribution in [3.63, 3.8) is 0 Å². The van der Waals surface area contributed by atoms with Gasteiger partial charge in [-0.1, -0.05) is 12.1 Å². The predicted octanol–water partition coefficient (Wildman–Crippen LogP) is 1.54. The lowest BCUT2D eigenvalue weighted by Crippen LogP contribution is -2.21. The predicted molar refractivity (Wildman–Crippen MR) is 69.6 cm³/mol. The zero-order valence-corrected chi connectivity index (χ0v) is 11.2. The summed E-state index contributed by atoms with van der Waals surface area (Å²) in [6.07, 6.45) is 3.29. The van der Waals surface area contributed by atoms with Crippen molar-refractivity contribution < 1.29 is 8.42 Å². The Balaban J connectivity index is 2.32. The van der Waals surface area contributed by atoms with Crippen LogP contribution in [0.1, 0.15) is 5.56 Å². The second-order valence-corrected chi connectivity index (χ2v) is 6.79. The zero-order valence-electron chi connectivity index (χ0n) is 9.56. The minimum atomic E-state index is -2.86. The van der Waals surface area contributed by atoms with E-state index in [-0.39, 0.29) is 5.75 Å². The van der Waals surface area contributed by atoms with Gasteiger partial charge in [0.1, 0.15) is 9.84 Å². The van der Waals surface area contributed by atoms with Crippen molar-refractivity contribution in [3.05, 3.63) is 29.8 Å². The highest BCUT2D eigenvalue weighted by atomic mass is 32.2. The summed E-state index contributed by atoms with van der Waals surface area (Å²) in [7, 11) is -2.86. The molecule has 90 valence electrons. The number of nitrogens with one attached hydrogen (secondary N) is 1. The van der Waals surface area contributed by atoms with E-state index in [2.05, 4.69) is 29.6 Å². The van der Waals surface area contributed by atoms with E-state index >= 15 is 0 Å². The van der Waals surface area contributed by atoms with E-state index in [0.717, 1.165) is 0 Å². The van der Waals surface area contributed by atoms with E-state index in [1.54, 1.807) is 11.8 Å². The third kappa shape index (κ3) is 5.53. The van der Waals surface area contributed by atoms with Crippen LogP contribution < -0.4 is 5.32 Å². The summed E-state index contributed by atoms with van der Waals surface area (Å²) in [6, 6.07) is 8.25. The fourth-order valence-electron chi connectivity index (χ4n) is 1.23. The molecule has 1 aromatic carbocycles. The Morgan fingerprint density at radius 3 is 2.38 bits per heavy atom. The van der Waals surface area contributed by atoms with E-state index in [4.69, 9.17) is 0 Å². The van der Waals surface area contributed by atoms with Crippen LogP contribution in [-0.4, -0.2) is 33.2 Å². The Bertz CT molecular complexity index is 412. The summed E-state index contributed by atoms with van der Waals surface area (Å²) < 4.78 is 21.8. The van der Waals surface area contributed by atoms with E-state index in [1.165, 1.54) is 16.7 Å². The van der Waals surface area contributed by atoms with Crippen LogP contribution in [0.3, 0.4) is 0 Å². The number of rotatable bonds is 6. The fraction of sp³-hybridized carbons (Fsp3) is 0.455. The monoisotopic (exact) mass is 259 g/mol. The molecule has 16 heavy (non-hydrogen) atoms. The first-order valence-corrected chi connectivity index (χ1v) is 8.31. The molecule has 5 heteroatoms. The molecule has 0 amide bonds. The lowest BCUT2D eigenvalue weighted by Gasteiger charge is -2.04. The molecule has 0 saturated heterocycles. The molecule has 0 aliphatic rings. The van der Waals surface area contributed by atoms with Gasteiger partial charge >= 0.3 is 0 Å². The highest BCUT2D eigenvalue weighted by Gasteiger charge is 2.00. The van der Waals surface area contributed by atoms with Gasteiger partial charge in [0.2, 0.25) is 0 Å². The number of benzene rings is 1. The lowest BCUT2D eigenvalue weighted by molar-refractivity contribution is 0.596. The standard InChI is InChI=1S/C11H17NO2S2/c1-15-11-5-3-10(4-6-11)9-12-7-8-16(2,13)14/h3-6,12H,7-9H2,1-2H3. The van der Waals surface area contributed by atoms with Crippen molar-refractivity contribution in [2.45, 2.75) is 11.4 Å². The first-order valence-electron chi connectivity index (χ1n) is 5.02. The largest absolute Gasteiger partial charge is 0.312 e. The molecule has 0 atom stereocenters. The van der Waals surface area contributed by atoms with Crippen molar-refractivity contribution in [2.75, 3.05) is 24.8 Å². The van der Waals surface area contributed by atoms with Crippen LogP contribution in [0, 0.1) is 0 Å². The first kappa shape index (κ1) is 13.5. The summed E-state index contributed by atoms with van der Waals surface area (Å²) in [4.78, 5) is 1.24. The van der Waals surface area contributed by atoms with E-state index in [1.807, 2.05) is 6.26 Å². The van der Waals surface area contributed by atoms with E-state index < -0.39 is 9.84 Å². The van der Waals surface area contributed by atoms with Crippen molar-refractivity contribution >= 4 is 21.6 Å². The van der Waals surface area contributed by atoms with Crippen LogP contribution in [0.2, 0.25) is 0 Å². The molecule has 0 aromatic heterocycles. The molecule has 0 unspecified atom stereocenters. The molecule has 0 fully saturated rings. The van der Waals surface area contributed by atoms with Crippen LogP contribution >= 0.6 is 11.8 Å².